The van der Waals surface area contributed by atoms with E-state index in [1.54, 1.807) is 0 Å². The van der Waals surface area contributed by atoms with Crippen LogP contribution in [0.4, 0.5) is 0 Å². The molecule has 1 aliphatic heterocycles. The lowest BCUT2D eigenvalue weighted by Gasteiger charge is -2.19. The van der Waals surface area contributed by atoms with Crippen molar-refractivity contribution < 1.29 is 4.79 Å². The maximum absolute atomic E-state index is 12.2. The van der Waals surface area contributed by atoms with Crippen molar-refractivity contribution in [1.82, 2.24) is 10.6 Å². The molecule has 1 fully saturated rings. The van der Waals surface area contributed by atoms with Crippen molar-refractivity contribution in [3.63, 3.8) is 0 Å². The van der Waals surface area contributed by atoms with E-state index in [-0.39, 0.29) is 11.9 Å². The SMILES string of the molecule is CC(NC(=O)Cc1ccc2ccccc2c1)C1CCNC1. The van der Waals surface area contributed by atoms with Gasteiger partial charge in [-0.15, -0.1) is 0 Å². The van der Waals surface area contributed by atoms with Gasteiger partial charge in [-0.3, -0.25) is 4.79 Å². The van der Waals surface area contributed by atoms with Crippen LogP contribution in [0.5, 0.6) is 0 Å². The molecule has 0 saturated carbocycles. The summed E-state index contributed by atoms with van der Waals surface area (Å²) in [4.78, 5) is 12.2. The van der Waals surface area contributed by atoms with Gasteiger partial charge in [0.05, 0.1) is 6.42 Å². The zero-order chi connectivity index (χ0) is 14.7. The van der Waals surface area contributed by atoms with Crippen LogP contribution in [0.25, 0.3) is 10.8 Å². The molecule has 3 rings (SSSR count). The number of carbonyl (C=O) groups is 1. The summed E-state index contributed by atoms with van der Waals surface area (Å²) in [5.74, 6) is 0.676. The Morgan fingerprint density at radius 3 is 2.86 bits per heavy atom. The van der Waals surface area contributed by atoms with E-state index in [2.05, 4.69) is 41.8 Å². The van der Waals surface area contributed by atoms with E-state index in [0.29, 0.717) is 12.3 Å². The lowest BCUT2D eigenvalue weighted by molar-refractivity contribution is -0.121. The Balaban J connectivity index is 1.62. The smallest absolute Gasteiger partial charge is 0.224 e. The number of rotatable bonds is 4. The molecule has 2 unspecified atom stereocenters. The summed E-state index contributed by atoms with van der Waals surface area (Å²) in [5.41, 5.74) is 1.07. The van der Waals surface area contributed by atoms with Crippen molar-refractivity contribution in [3.05, 3.63) is 48.0 Å². The Bertz CT molecular complexity index is 632. The third-order valence-electron chi connectivity index (χ3n) is 4.37. The van der Waals surface area contributed by atoms with Gasteiger partial charge in [0.15, 0.2) is 0 Å². The number of hydrogen-bond donors (Lipinski definition) is 2. The number of carbonyl (C=O) groups excluding carboxylic acids is 1. The molecule has 2 aromatic rings. The summed E-state index contributed by atoms with van der Waals surface area (Å²) in [6.45, 7) is 4.18. The van der Waals surface area contributed by atoms with Crippen LogP contribution in [0, 0.1) is 5.92 Å². The van der Waals surface area contributed by atoms with Gasteiger partial charge in [-0.05, 0) is 48.7 Å². The lowest BCUT2D eigenvalue weighted by Crippen LogP contribution is -2.39. The molecule has 3 heteroatoms. The molecule has 0 aliphatic carbocycles. The van der Waals surface area contributed by atoms with Crippen LogP contribution in [0.1, 0.15) is 18.9 Å². The quantitative estimate of drug-likeness (QED) is 0.904. The predicted octanol–water partition coefficient (Wildman–Crippen LogP) is 2.50. The van der Waals surface area contributed by atoms with Crippen LogP contribution >= 0.6 is 0 Å². The van der Waals surface area contributed by atoms with E-state index in [0.717, 1.165) is 25.1 Å². The van der Waals surface area contributed by atoms with Crippen molar-refractivity contribution in [1.29, 1.82) is 0 Å². The molecule has 110 valence electrons. The Labute approximate surface area is 125 Å². The van der Waals surface area contributed by atoms with Crippen LogP contribution in [0.2, 0.25) is 0 Å². The molecule has 0 aromatic heterocycles. The Hall–Kier alpha value is -1.87. The monoisotopic (exact) mass is 282 g/mol. The molecule has 1 saturated heterocycles. The Morgan fingerprint density at radius 2 is 2.10 bits per heavy atom. The average molecular weight is 282 g/mol. The van der Waals surface area contributed by atoms with Crippen molar-refractivity contribution in [2.75, 3.05) is 13.1 Å². The molecule has 1 heterocycles. The molecule has 2 aromatic carbocycles. The van der Waals surface area contributed by atoms with Gasteiger partial charge in [0.2, 0.25) is 5.91 Å². The second-order valence-corrected chi connectivity index (χ2v) is 5.97. The zero-order valence-electron chi connectivity index (χ0n) is 12.4. The van der Waals surface area contributed by atoms with Crippen LogP contribution in [-0.2, 0) is 11.2 Å². The number of nitrogens with one attached hydrogen (secondary N) is 2. The first-order valence-electron chi connectivity index (χ1n) is 7.70. The van der Waals surface area contributed by atoms with Gasteiger partial charge in [-0.25, -0.2) is 0 Å². The molecule has 0 spiro atoms. The maximum Gasteiger partial charge on any atom is 0.224 e. The fourth-order valence-electron chi connectivity index (χ4n) is 3.06. The van der Waals surface area contributed by atoms with Gasteiger partial charge >= 0.3 is 0 Å². The second-order valence-electron chi connectivity index (χ2n) is 5.97. The van der Waals surface area contributed by atoms with Crippen molar-refractivity contribution in [2.45, 2.75) is 25.8 Å². The summed E-state index contributed by atoms with van der Waals surface area (Å²) in [7, 11) is 0. The number of hydrogen-bond acceptors (Lipinski definition) is 2. The summed E-state index contributed by atoms with van der Waals surface area (Å²) < 4.78 is 0. The van der Waals surface area contributed by atoms with Gasteiger partial charge in [0.1, 0.15) is 0 Å². The Kier molecular flexibility index (Phi) is 4.20. The first kappa shape index (κ1) is 14.1. The van der Waals surface area contributed by atoms with Crippen LogP contribution in [-0.4, -0.2) is 25.0 Å². The lowest BCUT2D eigenvalue weighted by atomic mass is 10.00. The highest BCUT2D eigenvalue weighted by Crippen LogP contribution is 2.16. The normalized spacial score (nSPS) is 19.6. The van der Waals surface area contributed by atoms with Crippen molar-refractivity contribution >= 4 is 16.7 Å². The highest BCUT2D eigenvalue weighted by Gasteiger charge is 2.22. The van der Waals surface area contributed by atoms with Crippen LogP contribution < -0.4 is 10.6 Å². The highest BCUT2D eigenvalue weighted by molar-refractivity contribution is 5.85. The first-order valence-corrected chi connectivity index (χ1v) is 7.70. The molecule has 0 bridgehead atoms. The second kappa shape index (κ2) is 6.27. The highest BCUT2D eigenvalue weighted by atomic mass is 16.1. The van der Waals surface area contributed by atoms with E-state index in [1.165, 1.54) is 10.8 Å². The van der Waals surface area contributed by atoms with Crippen molar-refractivity contribution in [2.24, 2.45) is 5.92 Å². The van der Waals surface area contributed by atoms with Crippen molar-refractivity contribution in [3.8, 4) is 0 Å². The Morgan fingerprint density at radius 1 is 1.29 bits per heavy atom. The standard InChI is InChI=1S/C18H22N2O/c1-13(17-8-9-19-12-17)20-18(21)11-14-6-7-15-4-2-3-5-16(15)10-14/h2-7,10,13,17,19H,8-9,11-12H2,1H3,(H,20,21). The third kappa shape index (κ3) is 3.42. The van der Waals surface area contributed by atoms with Crippen LogP contribution in [0.15, 0.2) is 42.5 Å². The predicted molar refractivity (Wildman–Crippen MR) is 86.2 cm³/mol. The first-order chi connectivity index (χ1) is 10.2. The summed E-state index contributed by atoms with van der Waals surface area (Å²) in [5, 5.41) is 8.89. The minimum atomic E-state index is 0.115. The number of benzene rings is 2. The fourth-order valence-corrected chi connectivity index (χ4v) is 3.06. The summed E-state index contributed by atoms with van der Waals surface area (Å²) in [6.07, 6.45) is 1.60. The van der Waals surface area contributed by atoms with Gasteiger partial charge < -0.3 is 10.6 Å². The molecule has 2 atom stereocenters. The molecule has 1 amide bonds. The van der Waals surface area contributed by atoms with Gasteiger partial charge in [0.25, 0.3) is 0 Å². The maximum atomic E-state index is 12.2. The van der Waals surface area contributed by atoms with E-state index < -0.39 is 0 Å². The molecule has 3 nitrogen and oxygen atoms in total. The largest absolute Gasteiger partial charge is 0.353 e. The topological polar surface area (TPSA) is 41.1 Å². The van der Waals surface area contributed by atoms with E-state index in [1.807, 2.05) is 18.2 Å². The molecule has 0 radical (unpaired) electrons. The minimum absolute atomic E-state index is 0.115. The van der Waals surface area contributed by atoms with E-state index in [4.69, 9.17) is 0 Å². The van der Waals surface area contributed by atoms with Gasteiger partial charge in [-0.2, -0.15) is 0 Å². The van der Waals surface area contributed by atoms with E-state index in [9.17, 15) is 4.79 Å². The van der Waals surface area contributed by atoms with Crippen LogP contribution in [0.3, 0.4) is 0 Å². The fraction of sp³-hybridized carbons (Fsp3) is 0.389. The third-order valence-corrected chi connectivity index (χ3v) is 4.37. The minimum Gasteiger partial charge on any atom is -0.353 e. The van der Waals surface area contributed by atoms with E-state index >= 15 is 0 Å². The number of fused-ring (bicyclic) bond motifs is 1. The molecular formula is C18H22N2O. The number of amides is 1. The zero-order valence-corrected chi connectivity index (χ0v) is 12.4. The van der Waals surface area contributed by atoms with Gasteiger partial charge in [0, 0.05) is 6.04 Å². The van der Waals surface area contributed by atoms with Gasteiger partial charge in [-0.1, -0.05) is 42.5 Å². The average Bonchev–Trinajstić information content (AvgIpc) is 3.01. The summed E-state index contributed by atoms with van der Waals surface area (Å²) >= 11 is 0. The molecule has 21 heavy (non-hydrogen) atoms. The molecular weight excluding hydrogens is 260 g/mol. The molecule has 2 N–H and O–H groups in total. The summed E-state index contributed by atoms with van der Waals surface area (Å²) in [6, 6.07) is 14.7. The molecule has 1 aliphatic rings.